The molecule has 0 spiro atoms. The number of carbonyl (C=O) groups excluding carboxylic acids is 3. The van der Waals surface area contributed by atoms with Crippen LogP contribution in [-0.2, 0) is 9.59 Å². The first-order valence-corrected chi connectivity index (χ1v) is 10.3. The number of hydrogen-bond donors (Lipinski definition) is 1. The number of halogens is 1. The minimum absolute atomic E-state index is 0.137. The molecule has 1 N–H and O–H groups in total. The molecule has 0 bridgehead atoms. The number of urea groups is 1. The predicted molar refractivity (Wildman–Crippen MR) is 115 cm³/mol. The molecule has 0 aliphatic carbocycles. The van der Waals surface area contributed by atoms with Crippen molar-refractivity contribution in [1.82, 2.24) is 20.0 Å². The normalized spacial score (nSPS) is 19.5. The maximum atomic E-state index is 13.9. The molecule has 0 saturated carbocycles. The lowest BCUT2D eigenvalue weighted by atomic mass is 9.95. The SMILES string of the molecule is C=CCN1C(=O)NC(c2cccc(F)c2)C2=C1CN(C(CC(C)C)C(=O)N(C)C)C2=O. The standard InChI is InChI=1S/C23H29FN4O3/c1-6-10-27-18-13-28(17(11-14(2)3)21(29)26(4)5)22(30)19(18)20(25-23(27)31)15-8-7-9-16(24)12-15/h6-9,12,14,17,20H,1,10-11,13H2,2-5H3,(H,25,31). The fourth-order valence-electron chi connectivity index (χ4n) is 4.13. The van der Waals surface area contributed by atoms with E-state index in [0.717, 1.165) is 0 Å². The van der Waals surface area contributed by atoms with Crippen molar-refractivity contribution in [2.75, 3.05) is 27.2 Å². The first kappa shape index (κ1) is 22.5. The summed E-state index contributed by atoms with van der Waals surface area (Å²) in [5.41, 5.74) is 1.38. The molecule has 0 fully saturated rings. The van der Waals surface area contributed by atoms with E-state index in [2.05, 4.69) is 11.9 Å². The van der Waals surface area contributed by atoms with Crippen LogP contribution in [0.2, 0.25) is 0 Å². The number of rotatable bonds is 7. The Labute approximate surface area is 182 Å². The van der Waals surface area contributed by atoms with E-state index in [1.54, 1.807) is 32.3 Å². The van der Waals surface area contributed by atoms with Crippen LogP contribution in [0.4, 0.5) is 9.18 Å². The molecule has 166 valence electrons. The Kier molecular flexibility index (Phi) is 6.48. The molecule has 2 aliphatic rings. The molecule has 2 heterocycles. The molecule has 0 aromatic heterocycles. The van der Waals surface area contributed by atoms with Crippen molar-refractivity contribution < 1.29 is 18.8 Å². The van der Waals surface area contributed by atoms with Crippen molar-refractivity contribution in [3.63, 3.8) is 0 Å². The Hall–Kier alpha value is -3.16. The van der Waals surface area contributed by atoms with E-state index in [0.29, 0.717) is 23.3 Å². The highest BCUT2D eigenvalue weighted by Gasteiger charge is 2.47. The van der Waals surface area contributed by atoms with Crippen LogP contribution in [0.25, 0.3) is 0 Å². The van der Waals surface area contributed by atoms with Crippen LogP contribution in [0.5, 0.6) is 0 Å². The smallest absolute Gasteiger partial charge is 0.322 e. The van der Waals surface area contributed by atoms with Gasteiger partial charge in [-0.2, -0.15) is 0 Å². The van der Waals surface area contributed by atoms with E-state index in [4.69, 9.17) is 0 Å². The van der Waals surface area contributed by atoms with Gasteiger partial charge >= 0.3 is 6.03 Å². The molecule has 1 aromatic rings. The highest BCUT2D eigenvalue weighted by Crippen LogP contribution is 2.38. The average molecular weight is 429 g/mol. The minimum atomic E-state index is -0.786. The Balaban J connectivity index is 2.06. The molecule has 4 amide bonds. The molecule has 2 unspecified atom stereocenters. The van der Waals surface area contributed by atoms with Crippen LogP contribution < -0.4 is 5.32 Å². The van der Waals surface area contributed by atoms with Gasteiger partial charge in [-0.15, -0.1) is 6.58 Å². The summed E-state index contributed by atoms with van der Waals surface area (Å²) >= 11 is 0. The largest absolute Gasteiger partial charge is 0.347 e. The maximum Gasteiger partial charge on any atom is 0.322 e. The number of amides is 4. The topological polar surface area (TPSA) is 73.0 Å². The van der Waals surface area contributed by atoms with Gasteiger partial charge in [0, 0.05) is 20.6 Å². The van der Waals surface area contributed by atoms with Crippen LogP contribution in [0.3, 0.4) is 0 Å². The number of nitrogens with one attached hydrogen (secondary N) is 1. The summed E-state index contributed by atoms with van der Waals surface area (Å²) in [4.78, 5) is 43.9. The van der Waals surface area contributed by atoms with Crippen molar-refractivity contribution in [3.8, 4) is 0 Å². The summed E-state index contributed by atoms with van der Waals surface area (Å²) in [6, 6.07) is 4.01. The van der Waals surface area contributed by atoms with Gasteiger partial charge in [-0.25, -0.2) is 9.18 Å². The van der Waals surface area contributed by atoms with Crippen LogP contribution in [0, 0.1) is 11.7 Å². The second-order valence-electron chi connectivity index (χ2n) is 8.51. The molecule has 7 nitrogen and oxygen atoms in total. The summed E-state index contributed by atoms with van der Waals surface area (Å²) in [6.07, 6.45) is 2.08. The number of nitrogens with zero attached hydrogens (tertiary/aromatic N) is 3. The van der Waals surface area contributed by atoms with Gasteiger partial charge in [-0.05, 0) is 30.0 Å². The zero-order chi connectivity index (χ0) is 22.9. The van der Waals surface area contributed by atoms with Crippen molar-refractivity contribution in [2.45, 2.75) is 32.4 Å². The third-order valence-electron chi connectivity index (χ3n) is 5.54. The van der Waals surface area contributed by atoms with Crippen molar-refractivity contribution >= 4 is 17.8 Å². The summed E-state index contributed by atoms with van der Waals surface area (Å²) < 4.78 is 13.9. The van der Waals surface area contributed by atoms with Gasteiger partial charge in [0.2, 0.25) is 5.91 Å². The quantitative estimate of drug-likeness (QED) is 0.679. The molecule has 3 rings (SSSR count). The molecule has 2 atom stereocenters. The first-order chi connectivity index (χ1) is 14.6. The molecule has 8 heteroatoms. The van der Waals surface area contributed by atoms with Gasteiger partial charge in [0.1, 0.15) is 11.9 Å². The van der Waals surface area contributed by atoms with Gasteiger partial charge in [0.15, 0.2) is 0 Å². The van der Waals surface area contributed by atoms with Crippen molar-refractivity contribution in [2.24, 2.45) is 5.92 Å². The molecular formula is C23H29FN4O3. The van der Waals surface area contributed by atoms with Gasteiger partial charge < -0.3 is 15.1 Å². The van der Waals surface area contributed by atoms with Gasteiger partial charge in [-0.3, -0.25) is 14.5 Å². The maximum absolute atomic E-state index is 13.9. The lowest BCUT2D eigenvalue weighted by molar-refractivity contribution is -0.141. The second-order valence-corrected chi connectivity index (χ2v) is 8.51. The lowest BCUT2D eigenvalue weighted by Gasteiger charge is -2.33. The molecule has 0 radical (unpaired) electrons. The van der Waals surface area contributed by atoms with E-state index >= 15 is 0 Å². The number of benzene rings is 1. The van der Waals surface area contributed by atoms with E-state index < -0.39 is 17.9 Å². The molecular weight excluding hydrogens is 399 g/mol. The number of likely N-dealkylation sites (N-methyl/N-ethyl adjacent to an activating group) is 1. The van der Waals surface area contributed by atoms with Crippen LogP contribution >= 0.6 is 0 Å². The zero-order valence-electron chi connectivity index (χ0n) is 18.4. The predicted octanol–water partition coefficient (Wildman–Crippen LogP) is 2.68. The first-order valence-electron chi connectivity index (χ1n) is 10.3. The van der Waals surface area contributed by atoms with Gasteiger partial charge in [0.25, 0.3) is 5.91 Å². The minimum Gasteiger partial charge on any atom is -0.347 e. The fourth-order valence-corrected chi connectivity index (χ4v) is 4.13. The van der Waals surface area contributed by atoms with E-state index in [1.807, 2.05) is 13.8 Å². The van der Waals surface area contributed by atoms with Gasteiger partial charge in [-0.1, -0.05) is 32.1 Å². The van der Waals surface area contributed by atoms with Crippen LogP contribution in [-0.4, -0.2) is 65.8 Å². The Bertz CT molecular complexity index is 941. The van der Waals surface area contributed by atoms with Crippen LogP contribution in [0.1, 0.15) is 31.9 Å². The van der Waals surface area contributed by atoms with Crippen LogP contribution in [0.15, 0.2) is 48.2 Å². The molecule has 1 aromatic carbocycles. The average Bonchev–Trinajstić information content (AvgIpc) is 3.04. The van der Waals surface area contributed by atoms with E-state index in [9.17, 15) is 18.8 Å². The van der Waals surface area contributed by atoms with Gasteiger partial charge in [0.05, 0.1) is 23.9 Å². The highest BCUT2D eigenvalue weighted by atomic mass is 19.1. The molecule has 31 heavy (non-hydrogen) atoms. The summed E-state index contributed by atoms with van der Waals surface area (Å²) in [5, 5.41) is 2.82. The number of carbonyl (C=O) groups is 3. The number of hydrogen-bond acceptors (Lipinski definition) is 3. The summed E-state index contributed by atoms with van der Waals surface area (Å²) in [5.74, 6) is -0.759. The molecule has 2 aliphatic heterocycles. The lowest BCUT2D eigenvalue weighted by Crippen LogP contribution is -2.48. The Morgan fingerprint density at radius 3 is 2.65 bits per heavy atom. The molecule has 0 saturated heterocycles. The van der Waals surface area contributed by atoms with Crippen molar-refractivity contribution in [1.29, 1.82) is 0 Å². The fraction of sp³-hybridized carbons (Fsp3) is 0.435. The third-order valence-corrected chi connectivity index (χ3v) is 5.54. The Morgan fingerprint density at radius 1 is 1.35 bits per heavy atom. The third kappa shape index (κ3) is 4.33. The highest BCUT2D eigenvalue weighted by molar-refractivity contribution is 6.03. The monoisotopic (exact) mass is 428 g/mol. The second kappa shape index (κ2) is 8.91. The van der Waals surface area contributed by atoms with Crippen molar-refractivity contribution in [3.05, 3.63) is 59.6 Å². The van der Waals surface area contributed by atoms with E-state index in [-0.39, 0.29) is 36.9 Å². The summed E-state index contributed by atoms with van der Waals surface area (Å²) in [7, 11) is 3.32. The summed E-state index contributed by atoms with van der Waals surface area (Å²) in [6.45, 7) is 8.05. The van der Waals surface area contributed by atoms with E-state index in [1.165, 1.54) is 26.8 Å². The Morgan fingerprint density at radius 2 is 2.06 bits per heavy atom. The zero-order valence-corrected chi connectivity index (χ0v) is 18.4.